The molecule has 0 fully saturated rings. The molecule has 138 valence electrons. The van der Waals surface area contributed by atoms with Crippen LogP contribution in [0.1, 0.15) is 5.56 Å². The summed E-state index contributed by atoms with van der Waals surface area (Å²) in [4.78, 5) is 36.7. The number of aromatic nitrogens is 3. The standard InChI is InChI=1S/C20H13ClN4O2S/c21-15-6-2-1-5-14(15)17-10-16-18(28-17)19(26)25(20(27)24-16)9-8-23-12-13-4-3-7-22-11-13/h1-12H,(H,24,27)/b9-8+,23-12?. The van der Waals surface area contributed by atoms with E-state index in [1.165, 1.54) is 23.7 Å². The van der Waals surface area contributed by atoms with Crippen LogP contribution in [0.5, 0.6) is 0 Å². The molecule has 0 aliphatic heterocycles. The first-order valence-corrected chi connectivity index (χ1v) is 9.46. The minimum Gasteiger partial charge on any atom is -0.306 e. The van der Waals surface area contributed by atoms with Crippen molar-refractivity contribution in [2.75, 3.05) is 0 Å². The van der Waals surface area contributed by atoms with Crippen LogP contribution in [-0.2, 0) is 0 Å². The topological polar surface area (TPSA) is 80.1 Å². The first kappa shape index (κ1) is 18.1. The van der Waals surface area contributed by atoms with Crippen molar-refractivity contribution in [3.63, 3.8) is 0 Å². The van der Waals surface area contributed by atoms with Crippen LogP contribution < -0.4 is 11.2 Å². The number of fused-ring (bicyclic) bond motifs is 1. The Balaban J connectivity index is 1.71. The maximum atomic E-state index is 12.8. The summed E-state index contributed by atoms with van der Waals surface area (Å²) in [5.74, 6) is 0. The summed E-state index contributed by atoms with van der Waals surface area (Å²) in [6.07, 6.45) is 7.63. The van der Waals surface area contributed by atoms with E-state index in [1.807, 2.05) is 24.3 Å². The lowest BCUT2D eigenvalue weighted by atomic mass is 10.2. The molecule has 1 N–H and O–H groups in total. The Hall–Kier alpha value is -3.29. The number of pyridine rings is 1. The number of aromatic amines is 1. The predicted molar refractivity (Wildman–Crippen MR) is 114 cm³/mol. The van der Waals surface area contributed by atoms with Crippen LogP contribution in [0.25, 0.3) is 26.9 Å². The first-order valence-electron chi connectivity index (χ1n) is 8.26. The molecule has 4 aromatic rings. The van der Waals surface area contributed by atoms with Gasteiger partial charge >= 0.3 is 5.69 Å². The third-order valence-electron chi connectivity index (χ3n) is 3.95. The van der Waals surface area contributed by atoms with Crippen molar-refractivity contribution in [3.05, 3.63) is 92.5 Å². The molecule has 3 heterocycles. The Kier molecular flexibility index (Phi) is 5.01. The summed E-state index contributed by atoms with van der Waals surface area (Å²) in [6.45, 7) is 0. The second-order valence-corrected chi connectivity index (χ2v) is 7.26. The second kappa shape index (κ2) is 7.75. The van der Waals surface area contributed by atoms with E-state index in [4.69, 9.17) is 11.6 Å². The van der Waals surface area contributed by atoms with Crippen LogP contribution in [0.3, 0.4) is 0 Å². The van der Waals surface area contributed by atoms with Gasteiger partial charge in [0.05, 0.1) is 5.52 Å². The van der Waals surface area contributed by atoms with Gasteiger partial charge in [-0.15, -0.1) is 11.3 Å². The van der Waals surface area contributed by atoms with Gasteiger partial charge in [0.2, 0.25) is 0 Å². The highest BCUT2D eigenvalue weighted by atomic mass is 35.5. The number of hydrogen-bond donors (Lipinski definition) is 1. The number of halogens is 1. The van der Waals surface area contributed by atoms with E-state index in [1.54, 1.807) is 36.8 Å². The molecule has 0 aliphatic carbocycles. The van der Waals surface area contributed by atoms with Gasteiger partial charge in [0.15, 0.2) is 0 Å². The third-order valence-corrected chi connectivity index (χ3v) is 5.44. The third kappa shape index (κ3) is 3.58. The maximum Gasteiger partial charge on any atom is 0.333 e. The van der Waals surface area contributed by atoms with Crippen molar-refractivity contribution in [3.8, 4) is 10.4 Å². The molecule has 0 bridgehead atoms. The van der Waals surface area contributed by atoms with Gasteiger partial charge in [-0.2, -0.15) is 0 Å². The fourth-order valence-corrected chi connectivity index (χ4v) is 4.02. The Labute approximate surface area is 168 Å². The van der Waals surface area contributed by atoms with E-state index in [2.05, 4.69) is 15.0 Å². The molecule has 8 heteroatoms. The number of hydrogen-bond acceptors (Lipinski definition) is 5. The van der Waals surface area contributed by atoms with Crippen LogP contribution in [0.4, 0.5) is 0 Å². The molecule has 3 aromatic heterocycles. The number of H-pyrrole nitrogens is 1. The number of rotatable bonds is 4. The first-order chi connectivity index (χ1) is 13.6. The molecule has 0 radical (unpaired) electrons. The quantitative estimate of drug-likeness (QED) is 0.518. The molecule has 6 nitrogen and oxygen atoms in total. The summed E-state index contributed by atoms with van der Waals surface area (Å²) in [7, 11) is 0. The molecular formula is C20H13ClN4O2S. The van der Waals surface area contributed by atoms with E-state index in [9.17, 15) is 9.59 Å². The largest absolute Gasteiger partial charge is 0.333 e. The smallest absolute Gasteiger partial charge is 0.306 e. The van der Waals surface area contributed by atoms with E-state index >= 15 is 0 Å². The Bertz CT molecular complexity index is 1320. The molecule has 0 saturated heterocycles. The highest BCUT2D eigenvalue weighted by Gasteiger charge is 2.12. The highest BCUT2D eigenvalue weighted by Crippen LogP contribution is 2.34. The van der Waals surface area contributed by atoms with Gasteiger partial charge in [-0.3, -0.25) is 14.8 Å². The number of thiophene rings is 1. The molecule has 0 spiro atoms. The molecule has 0 amide bonds. The zero-order valence-electron chi connectivity index (χ0n) is 14.4. The van der Waals surface area contributed by atoms with Crippen molar-refractivity contribution in [1.29, 1.82) is 0 Å². The summed E-state index contributed by atoms with van der Waals surface area (Å²) in [5, 5.41) is 0.585. The average Bonchev–Trinajstić information content (AvgIpc) is 3.12. The van der Waals surface area contributed by atoms with Crippen molar-refractivity contribution in [2.45, 2.75) is 0 Å². The van der Waals surface area contributed by atoms with Crippen molar-refractivity contribution in [2.24, 2.45) is 4.99 Å². The SMILES string of the molecule is O=c1[nH]c2cc(-c3ccccc3Cl)sc2c(=O)n1/C=C/N=Cc1cccnc1. The van der Waals surface area contributed by atoms with Crippen LogP contribution in [0, 0.1) is 0 Å². The van der Waals surface area contributed by atoms with Gasteiger partial charge in [-0.05, 0) is 18.2 Å². The highest BCUT2D eigenvalue weighted by molar-refractivity contribution is 7.22. The zero-order chi connectivity index (χ0) is 19.5. The van der Waals surface area contributed by atoms with Gasteiger partial charge in [0.1, 0.15) is 4.70 Å². The van der Waals surface area contributed by atoms with Gasteiger partial charge < -0.3 is 4.98 Å². The van der Waals surface area contributed by atoms with E-state index in [0.717, 1.165) is 20.6 Å². The van der Waals surface area contributed by atoms with Crippen LogP contribution >= 0.6 is 22.9 Å². The van der Waals surface area contributed by atoms with E-state index < -0.39 is 11.2 Å². The van der Waals surface area contributed by atoms with E-state index in [0.29, 0.717) is 15.2 Å². The fourth-order valence-electron chi connectivity index (χ4n) is 2.64. The molecule has 4 rings (SSSR count). The average molecular weight is 409 g/mol. The Morgan fingerprint density at radius 3 is 2.82 bits per heavy atom. The predicted octanol–water partition coefficient (Wildman–Crippen LogP) is 4.01. The summed E-state index contributed by atoms with van der Waals surface area (Å²) in [5.41, 5.74) is 1.17. The normalized spacial score (nSPS) is 11.8. The minimum atomic E-state index is -0.533. The fraction of sp³-hybridized carbons (Fsp3) is 0. The lowest BCUT2D eigenvalue weighted by Crippen LogP contribution is -2.30. The van der Waals surface area contributed by atoms with Gasteiger partial charge in [-0.1, -0.05) is 35.9 Å². The lowest BCUT2D eigenvalue weighted by Gasteiger charge is -1.98. The molecule has 0 saturated carbocycles. The lowest BCUT2D eigenvalue weighted by molar-refractivity contribution is 0.953. The van der Waals surface area contributed by atoms with Gasteiger partial charge in [0.25, 0.3) is 5.56 Å². The molecule has 1 aromatic carbocycles. The monoisotopic (exact) mass is 408 g/mol. The Morgan fingerprint density at radius 1 is 1.18 bits per heavy atom. The summed E-state index contributed by atoms with van der Waals surface area (Å²) < 4.78 is 1.44. The van der Waals surface area contributed by atoms with Gasteiger partial charge in [-0.25, -0.2) is 9.36 Å². The zero-order valence-corrected chi connectivity index (χ0v) is 15.9. The molecule has 0 unspecified atom stereocenters. The molecule has 28 heavy (non-hydrogen) atoms. The number of aliphatic imine (C=N–C) groups is 1. The Morgan fingerprint density at radius 2 is 2.04 bits per heavy atom. The van der Waals surface area contributed by atoms with E-state index in [-0.39, 0.29) is 0 Å². The second-order valence-electron chi connectivity index (χ2n) is 5.80. The van der Waals surface area contributed by atoms with Crippen LogP contribution in [0.15, 0.2) is 75.6 Å². The van der Waals surface area contributed by atoms with Crippen molar-refractivity contribution in [1.82, 2.24) is 14.5 Å². The summed E-state index contributed by atoms with van der Waals surface area (Å²) >= 11 is 7.53. The number of nitrogens with zero attached hydrogens (tertiary/aromatic N) is 3. The molecule has 0 aliphatic rings. The van der Waals surface area contributed by atoms with Crippen LogP contribution in [-0.4, -0.2) is 20.7 Å². The summed E-state index contributed by atoms with van der Waals surface area (Å²) in [6, 6.07) is 12.8. The number of nitrogens with one attached hydrogen (secondary N) is 1. The van der Waals surface area contributed by atoms with Gasteiger partial charge in [0, 0.05) is 52.0 Å². The number of benzene rings is 1. The minimum absolute atomic E-state index is 0.408. The molecular weight excluding hydrogens is 396 g/mol. The van der Waals surface area contributed by atoms with Crippen LogP contribution in [0.2, 0.25) is 5.02 Å². The molecule has 0 atom stereocenters. The van der Waals surface area contributed by atoms with Crippen molar-refractivity contribution < 1.29 is 0 Å². The van der Waals surface area contributed by atoms with Crippen molar-refractivity contribution >= 4 is 45.6 Å². The maximum absolute atomic E-state index is 12.8.